The van der Waals surface area contributed by atoms with Gasteiger partial charge in [0.2, 0.25) is 0 Å². The zero-order valence-corrected chi connectivity index (χ0v) is 12.2. The van der Waals surface area contributed by atoms with E-state index < -0.39 is 0 Å². The van der Waals surface area contributed by atoms with E-state index >= 15 is 0 Å². The maximum atomic E-state index is 5.87. The molecule has 4 nitrogen and oxygen atoms in total. The summed E-state index contributed by atoms with van der Waals surface area (Å²) in [5.41, 5.74) is 4.22. The first-order valence-electron chi connectivity index (χ1n) is 7.87. The monoisotopic (exact) mass is 275 g/mol. The molecule has 0 radical (unpaired) electrons. The summed E-state index contributed by atoms with van der Waals surface area (Å²) in [4.78, 5) is 4.33. The first-order valence-corrected chi connectivity index (χ1v) is 7.87. The summed E-state index contributed by atoms with van der Waals surface area (Å²) in [6, 6.07) is 2.32. The fourth-order valence-corrected chi connectivity index (χ4v) is 3.23. The van der Waals surface area contributed by atoms with Crippen LogP contribution in [0, 0.1) is 17.8 Å². The average molecular weight is 275 g/mol. The van der Waals surface area contributed by atoms with Gasteiger partial charge in [0.15, 0.2) is 0 Å². The SMILES string of the molecule is CCCOc1cncc(C(NN)C(C2CC2)C2CC2)c1. The van der Waals surface area contributed by atoms with Crippen LogP contribution in [0.25, 0.3) is 0 Å². The van der Waals surface area contributed by atoms with E-state index in [0.29, 0.717) is 5.92 Å². The van der Waals surface area contributed by atoms with Crippen LogP contribution in [0.5, 0.6) is 5.75 Å². The van der Waals surface area contributed by atoms with Crippen LogP contribution in [-0.4, -0.2) is 11.6 Å². The van der Waals surface area contributed by atoms with Gasteiger partial charge < -0.3 is 4.74 Å². The van der Waals surface area contributed by atoms with Crippen LogP contribution in [-0.2, 0) is 0 Å². The topological polar surface area (TPSA) is 60.2 Å². The lowest BCUT2D eigenvalue weighted by Gasteiger charge is -2.27. The Hall–Kier alpha value is -1.13. The van der Waals surface area contributed by atoms with Crippen molar-refractivity contribution in [1.82, 2.24) is 10.4 Å². The van der Waals surface area contributed by atoms with Crippen LogP contribution in [0.2, 0.25) is 0 Å². The Labute approximate surface area is 121 Å². The number of aromatic nitrogens is 1. The van der Waals surface area contributed by atoms with Crippen LogP contribution in [0.3, 0.4) is 0 Å². The van der Waals surface area contributed by atoms with Gasteiger partial charge in [-0.2, -0.15) is 0 Å². The minimum absolute atomic E-state index is 0.215. The molecule has 1 aromatic rings. The van der Waals surface area contributed by atoms with E-state index in [1.807, 2.05) is 6.20 Å². The Morgan fingerprint density at radius 1 is 1.30 bits per heavy atom. The Bertz CT molecular complexity index is 431. The molecule has 1 unspecified atom stereocenters. The summed E-state index contributed by atoms with van der Waals surface area (Å²) in [5.74, 6) is 9.10. The van der Waals surface area contributed by atoms with Crippen LogP contribution in [0.15, 0.2) is 18.5 Å². The number of pyridine rings is 1. The molecule has 3 N–H and O–H groups in total. The quantitative estimate of drug-likeness (QED) is 0.566. The van der Waals surface area contributed by atoms with E-state index in [-0.39, 0.29) is 6.04 Å². The van der Waals surface area contributed by atoms with E-state index in [2.05, 4.69) is 23.4 Å². The zero-order valence-electron chi connectivity index (χ0n) is 12.2. The smallest absolute Gasteiger partial charge is 0.137 e. The molecule has 4 heteroatoms. The van der Waals surface area contributed by atoms with Crippen molar-refractivity contribution < 1.29 is 4.74 Å². The normalized spacial score (nSPS) is 20.1. The average Bonchev–Trinajstić information content (AvgIpc) is 3.36. The van der Waals surface area contributed by atoms with Crippen molar-refractivity contribution in [1.29, 1.82) is 0 Å². The standard InChI is InChI=1S/C16H25N3O/c1-2-7-20-14-8-13(9-18-10-14)16(19-17)15(11-3-4-11)12-5-6-12/h8-12,15-16,19H,2-7,17H2,1H3. The van der Waals surface area contributed by atoms with Gasteiger partial charge in [-0.05, 0) is 61.5 Å². The largest absolute Gasteiger partial charge is 0.492 e. The van der Waals surface area contributed by atoms with Crippen molar-refractivity contribution in [3.05, 3.63) is 24.0 Å². The maximum absolute atomic E-state index is 5.87. The Kier molecular flexibility index (Phi) is 4.22. The number of hydrogen-bond acceptors (Lipinski definition) is 4. The van der Waals surface area contributed by atoms with Gasteiger partial charge in [0.05, 0.1) is 18.8 Å². The third-order valence-electron chi connectivity index (χ3n) is 4.46. The molecule has 0 saturated heterocycles. The lowest BCUT2D eigenvalue weighted by atomic mass is 9.86. The summed E-state index contributed by atoms with van der Waals surface area (Å²) in [6.07, 6.45) is 10.2. The molecule has 1 atom stereocenters. The van der Waals surface area contributed by atoms with Crippen LogP contribution < -0.4 is 16.0 Å². The van der Waals surface area contributed by atoms with Crippen molar-refractivity contribution in [2.45, 2.75) is 45.1 Å². The Morgan fingerprint density at radius 2 is 2.00 bits per heavy atom. The molecule has 1 heterocycles. The van der Waals surface area contributed by atoms with Crippen molar-refractivity contribution in [3.8, 4) is 5.75 Å². The number of rotatable bonds is 8. The number of nitrogens with one attached hydrogen (secondary N) is 1. The molecule has 2 aliphatic rings. The van der Waals surface area contributed by atoms with Gasteiger partial charge in [-0.1, -0.05) is 6.92 Å². The highest BCUT2D eigenvalue weighted by atomic mass is 16.5. The minimum Gasteiger partial charge on any atom is -0.492 e. The molecule has 0 aliphatic heterocycles. The number of hydrogen-bond donors (Lipinski definition) is 2. The fourth-order valence-electron chi connectivity index (χ4n) is 3.23. The Morgan fingerprint density at radius 3 is 2.55 bits per heavy atom. The predicted molar refractivity (Wildman–Crippen MR) is 79.0 cm³/mol. The molecular weight excluding hydrogens is 250 g/mol. The second kappa shape index (κ2) is 6.10. The fraction of sp³-hybridized carbons (Fsp3) is 0.688. The van der Waals surface area contributed by atoms with E-state index in [0.717, 1.165) is 30.6 Å². The molecule has 110 valence electrons. The molecule has 0 bridgehead atoms. The molecule has 20 heavy (non-hydrogen) atoms. The van der Waals surface area contributed by atoms with Crippen LogP contribution in [0.4, 0.5) is 0 Å². The molecule has 2 saturated carbocycles. The molecule has 1 aromatic heterocycles. The molecule has 0 amide bonds. The first-order chi connectivity index (χ1) is 9.83. The Balaban J connectivity index is 1.77. The highest BCUT2D eigenvalue weighted by Crippen LogP contribution is 2.53. The minimum atomic E-state index is 0.215. The second-order valence-electron chi connectivity index (χ2n) is 6.20. The molecule has 2 fully saturated rings. The van der Waals surface area contributed by atoms with Gasteiger partial charge in [0, 0.05) is 6.20 Å². The van der Waals surface area contributed by atoms with Crippen molar-refractivity contribution in [2.24, 2.45) is 23.6 Å². The van der Waals surface area contributed by atoms with E-state index in [1.165, 1.54) is 31.2 Å². The summed E-state index contributed by atoms with van der Waals surface area (Å²) >= 11 is 0. The molecule has 0 aromatic carbocycles. The van der Waals surface area contributed by atoms with Crippen molar-refractivity contribution >= 4 is 0 Å². The number of hydrazine groups is 1. The lowest BCUT2D eigenvalue weighted by molar-refractivity contribution is 0.285. The number of nitrogens with zero attached hydrogens (tertiary/aromatic N) is 1. The van der Waals surface area contributed by atoms with Crippen LogP contribution in [0.1, 0.15) is 50.6 Å². The molecular formula is C16H25N3O. The van der Waals surface area contributed by atoms with Crippen molar-refractivity contribution in [2.75, 3.05) is 6.61 Å². The predicted octanol–water partition coefficient (Wildman–Crippen LogP) is 2.81. The van der Waals surface area contributed by atoms with E-state index in [1.54, 1.807) is 6.20 Å². The van der Waals surface area contributed by atoms with Gasteiger partial charge in [-0.3, -0.25) is 16.3 Å². The highest BCUT2D eigenvalue weighted by Gasteiger charge is 2.45. The van der Waals surface area contributed by atoms with Crippen LogP contribution >= 0.6 is 0 Å². The number of nitrogens with two attached hydrogens (primary N) is 1. The number of ether oxygens (including phenoxy) is 1. The third kappa shape index (κ3) is 3.13. The van der Waals surface area contributed by atoms with E-state index in [9.17, 15) is 0 Å². The molecule has 0 spiro atoms. The molecule has 2 aliphatic carbocycles. The first kappa shape index (κ1) is 13.8. The highest BCUT2D eigenvalue weighted by molar-refractivity contribution is 5.27. The summed E-state index contributed by atoms with van der Waals surface area (Å²) in [6.45, 7) is 2.85. The summed E-state index contributed by atoms with van der Waals surface area (Å²) < 4.78 is 5.69. The third-order valence-corrected chi connectivity index (χ3v) is 4.46. The lowest BCUT2D eigenvalue weighted by Crippen LogP contribution is -2.35. The maximum Gasteiger partial charge on any atom is 0.137 e. The van der Waals surface area contributed by atoms with Gasteiger partial charge in [0.1, 0.15) is 5.75 Å². The summed E-state index contributed by atoms with van der Waals surface area (Å²) in [5, 5.41) is 0. The van der Waals surface area contributed by atoms with Gasteiger partial charge in [-0.15, -0.1) is 0 Å². The molecule has 3 rings (SSSR count). The second-order valence-corrected chi connectivity index (χ2v) is 6.20. The zero-order chi connectivity index (χ0) is 13.9. The van der Waals surface area contributed by atoms with Crippen molar-refractivity contribution in [3.63, 3.8) is 0 Å². The van der Waals surface area contributed by atoms with Gasteiger partial charge in [0.25, 0.3) is 0 Å². The van der Waals surface area contributed by atoms with Gasteiger partial charge in [-0.25, -0.2) is 0 Å². The summed E-state index contributed by atoms with van der Waals surface area (Å²) in [7, 11) is 0. The van der Waals surface area contributed by atoms with Gasteiger partial charge >= 0.3 is 0 Å². The van der Waals surface area contributed by atoms with E-state index in [4.69, 9.17) is 10.6 Å².